The molecule has 2 aromatic heterocycles. The van der Waals surface area contributed by atoms with Gasteiger partial charge in [0.2, 0.25) is 0 Å². The largest absolute Gasteiger partial charge is 0.446 e. The molecule has 0 saturated carbocycles. The van der Waals surface area contributed by atoms with E-state index in [4.69, 9.17) is 16.9 Å². The van der Waals surface area contributed by atoms with Crippen molar-refractivity contribution in [2.24, 2.45) is 11.5 Å². The van der Waals surface area contributed by atoms with Crippen LogP contribution in [0.2, 0.25) is 0 Å². The molecule has 0 aliphatic rings. The number of benzene rings is 2. The predicted octanol–water partition coefficient (Wildman–Crippen LogP) is 5.28. The molecular formula is C30H35F5N8OS. The van der Waals surface area contributed by atoms with E-state index in [1.165, 1.54) is 29.0 Å². The van der Waals surface area contributed by atoms with Gasteiger partial charge in [0.25, 0.3) is 0 Å². The van der Waals surface area contributed by atoms with Crippen LogP contribution in [-0.2, 0) is 6.42 Å². The monoisotopic (exact) mass is 650 g/mol. The van der Waals surface area contributed by atoms with Crippen molar-refractivity contribution in [3.05, 3.63) is 76.1 Å². The lowest BCUT2D eigenvalue weighted by Crippen LogP contribution is -2.33. The highest BCUT2D eigenvalue weighted by Gasteiger charge is 2.32. The molecule has 0 spiro atoms. The molecule has 0 radical (unpaired) electrons. The van der Waals surface area contributed by atoms with Crippen LogP contribution >= 0.6 is 11.8 Å². The van der Waals surface area contributed by atoms with E-state index in [-0.39, 0.29) is 28.9 Å². The highest BCUT2D eigenvalue weighted by atomic mass is 32.2. The van der Waals surface area contributed by atoms with Crippen LogP contribution in [-0.4, -0.2) is 51.8 Å². The van der Waals surface area contributed by atoms with Crippen molar-refractivity contribution in [1.29, 1.82) is 5.41 Å². The number of aromatic amines is 1. The molecule has 45 heavy (non-hydrogen) atoms. The number of aryl methyl sites for hydroxylation is 1. The van der Waals surface area contributed by atoms with Gasteiger partial charge >= 0.3 is 11.2 Å². The summed E-state index contributed by atoms with van der Waals surface area (Å²) in [4.78, 5) is 19.3. The minimum Gasteiger partial charge on any atom is -0.370 e. The van der Waals surface area contributed by atoms with Gasteiger partial charge in [-0.2, -0.15) is 18.2 Å². The van der Waals surface area contributed by atoms with Gasteiger partial charge in [-0.05, 0) is 92.4 Å². The lowest BCUT2D eigenvalue weighted by atomic mass is 10.0. The number of aromatic nitrogens is 3. The van der Waals surface area contributed by atoms with E-state index < -0.39 is 46.4 Å². The summed E-state index contributed by atoms with van der Waals surface area (Å²) in [5.74, 6) is -1.16. The first-order valence-corrected chi connectivity index (χ1v) is 15.1. The van der Waals surface area contributed by atoms with E-state index in [2.05, 4.69) is 20.6 Å². The third kappa shape index (κ3) is 9.28. The zero-order valence-electron chi connectivity index (χ0n) is 24.5. The average molecular weight is 651 g/mol. The Balaban J connectivity index is 1.60. The number of thioether (sulfide) groups is 1. The summed E-state index contributed by atoms with van der Waals surface area (Å²) in [6.07, 6.45) is 3.81. The van der Waals surface area contributed by atoms with Gasteiger partial charge in [-0.1, -0.05) is 12.1 Å². The number of hydrogen-bond acceptors (Lipinski definition) is 6. The molecule has 4 rings (SSSR count). The number of H-pyrrole nitrogens is 1. The van der Waals surface area contributed by atoms with E-state index >= 15 is 4.39 Å². The van der Waals surface area contributed by atoms with Gasteiger partial charge in [-0.15, -0.1) is 0 Å². The summed E-state index contributed by atoms with van der Waals surface area (Å²) in [6, 6.07) is 10.2. The van der Waals surface area contributed by atoms with E-state index in [1.54, 1.807) is 24.3 Å². The maximum absolute atomic E-state index is 15.5. The van der Waals surface area contributed by atoms with Crippen LogP contribution in [0.5, 0.6) is 0 Å². The lowest BCUT2D eigenvalue weighted by molar-refractivity contribution is -0.0329. The number of alkyl halides is 4. The summed E-state index contributed by atoms with van der Waals surface area (Å²) < 4.78 is 70.2. The Morgan fingerprint density at radius 3 is 2.53 bits per heavy atom. The van der Waals surface area contributed by atoms with Crippen LogP contribution in [0.25, 0.3) is 28.0 Å². The first kappa shape index (κ1) is 33.9. The van der Waals surface area contributed by atoms with Crippen LogP contribution in [0, 0.1) is 11.2 Å². The van der Waals surface area contributed by atoms with Crippen molar-refractivity contribution in [1.82, 2.24) is 25.2 Å². The van der Waals surface area contributed by atoms with Crippen LogP contribution in [0.4, 0.5) is 22.0 Å². The maximum Gasteiger partial charge on any atom is 0.446 e. The first-order chi connectivity index (χ1) is 21.3. The van der Waals surface area contributed by atoms with Gasteiger partial charge in [-0.25, -0.2) is 13.6 Å². The number of guanidine groups is 1. The van der Waals surface area contributed by atoms with Crippen LogP contribution in [0.3, 0.4) is 0 Å². The molecule has 0 bridgehead atoms. The minimum absolute atomic E-state index is 0.0664. The van der Waals surface area contributed by atoms with Crippen molar-refractivity contribution < 1.29 is 22.0 Å². The Morgan fingerprint density at radius 2 is 1.89 bits per heavy atom. The molecule has 15 heteroatoms. The zero-order valence-corrected chi connectivity index (χ0v) is 25.3. The topological polar surface area (TPSA) is 151 Å². The Morgan fingerprint density at radius 1 is 1.16 bits per heavy atom. The molecule has 4 aromatic rings. The van der Waals surface area contributed by atoms with E-state index in [0.717, 1.165) is 0 Å². The molecule has 0 saturated heterocycles. The summed E-state index contributed by atoms with van der Waals surface area (Å²) in [5, 5.41) is 13.4. The normalized spacial score (nSPS) is 13.2. The smallest absolute Gasteiger partial charge is 0.370 e. The molecule has 0 amide bonds. The molecule has 2 aromatic carbocycles. The summed E-state index contributed by atoms with van der Waals surface area (Å²) >= 11 is -0.515. The van der Waals surface area contributed by atoms with E-state index in [9.17, 15) is 22.4 Å². The molecule has 0 unspecified atom stereocenters. The van der Waals surface area contributed by atoms with Crippen molar-refractivity contribution in [2.45, 2.75) is 55.1 Å². The Kier molecular flexibility index (Phi) is 11.2. The predicted molar refractivity (Wildman–Crippen MR) is 167 cm³/mol. The third-order valence-corrected chi connectivity index (χ3v) is 7.78. The standard InChI is InChI=1S/C30H35F5N8OS/c1-17(36)4-2-5-18-12-22(26(32)25(13-18)45-30(33,34)35)23-14-20-16-43(29(44)42-27(20)41-23)21-8-6-19(7-9-21)24(15-31)39-10-3-11-40-28(37)38/h6-9,12-14,16-17,24,39H,2-5,10-11,15,36H2,1H3,(H4,37,38,40)(H,41,42,44)/t17-,24-/m0/s1. The summed E-state index contributed by atoms with van der Waals surface area (Å²) in [6.45, 7) is 2.13. The molecule has 0 fully saturated rings. The van der Waals surface area contributed by atoms with Gasteiger partial charge in [0, 0.05) is 29.7 Å². The fraction of sp³-hybridized carbons (Fsp3) is 0.367. The fourth-order valence-electron chi connectivity index (χ4n) is 4.86. The van der Waals surface area contributed by atoms with Gasteiger partial charge in [0.15, 0.2) is 5.96 Å². The van der Waals surface area contributed by atoms with Crippen LogP contribution in [0.15, 0.2) is 58.4 Å². The Bertz CT molecular complexity index is 1670. The molecule has 2 heterocycles. The number of rotatable bonds is 14. The minimum atomic E-state index is -4.68. The number of nitrogens with two attached hydrogens (primary N) is 2. The van der Waals surface area contributed by atoms with Crippen molar-refractivity contribution in [3.63, 3.8) is 0 Å². The summed E-state index contributed by atoms with van der Waals surface area (Å²) in [5.41, 5.74) is 7.63. The molecule has 242 valence electrons. The number of halogens is 5. The fourth-order valence-corrected chi connectivity index (χ4v) is 5.52. The second-order valence-electron chi connectivity index (χ2n) is 10.7. The maximum atomic E-state index is 15.5. The van der Waals surface area contributed by atoms with Crippen LogP contribution < -0.4 is 27.8 Å². The number of nitrogens with one attached hydrogen (secondary N) is 4. The van der Waals surface area contributed by atoms with Crippen LogP contribution in [0.1, 0.15) is 43.4 Å². The van der Waals surface area contributed by atoms with Crippen molar-refractivity contribution >= 4 is 28.8 Å². The second kappa shape index (κ2) is 14.9. The molecule has 8 N–H and O–H groups in total. The summed E-state index contributed by atoms with van der Waals surface area (Å²) in [7, 11) is 0. The number of nitrogens with zero attached hydrogens (tertiary/aromatic N) is 2. The van der Waals surface area contributed by atoms with E-state index in [1.807, 2.05) is 6.92 Å². The van der Waals surface area contributed by atoms with Gasteiger partial charge in [-0.3, -0.25) is 9.98 Å². The van der Waals surface area contributed by atoms with Gasteiger partial charge in [0.05, 0.1) is 22.3 Å². The zero-order chi connectivity index (χ0) is 32.7. The number of hydrogen-bond donors (Lipinski definition) is 6. The van der Waals surface area contributed by atoms with E-state index in [0.29, 0.717) is 61.0 Å². The quantitative estimate of drug-likeness (QED) is 0.0358. The van der Waals surface area contributed by atoms with Crippen molar-refractivity contribution in [2.75, 3.05) is 19.8 Å². The molecular weight excluding hydrogens is 615 g/mol. The van der Waals surface area contributed by atoms with Gasteiger partial charge in [0.1, 0.15) is 18.1 Å². The Hall–Kier alpha value is -3.95. The number of fused-ring (bicyclic) bond motifs is 1. The molecule has 9 nitrogen and oxygen atoms in total. The van der Waals surface area contributed by atoms with Gasteiger partial charge < -0.3 is 27.1 Å². The highest BCUT2D eigenvalue weighted by Crippen LogP contribution is 2.41. The average Bonchev–Trinajstić information content (AvgIpc) is 3.37. The van der Waals surface area contributed by atoms with Crippen molar-refractivity contribution in [3.8, 4) is 16.9 Å². The Labute approximate surface area is 260 Å². The second-order valence-corrected chi connectivity index (χ2v) is 11.8. The first-order valence-electron chi connectivity index (χ1n) is 14.3. The lowest BCUT2D eigenvalue weighted by Gasteiger charge is -2.16. The third-order valence-electron chi connectivity index (χ3n) is 7.04. The molecule has 0 aliphatic carbocycles. The molecule has 0 aliphatic heterocycles. The SMILES string of the molecule is C[C@H](N)CCCc1cc(SC(F)(F)F)c(F)c(-c2cc3cn(-c4ccc([C@H](CF)NCCCNC(=N)N)cc4)c(=O)nc3[nH]2)c1. The highest BCUT2D eigenvalue weighted by molar-refractivity contribution is 8.00. The molecule has 2 atom stereocenters.